The number of ketones is 1. The number of rotatable bonds is 13. The summed E-state index contributed by atoms with van der Waals surface area (Å²) in [7, 11) is 2.60. The molecule has 2 saturated heterocycles. The number of amides is 3. The zero-order valence-corrected chi connectivity index (χ0v) is 33.7. The van der Waals surface area contributed by atoms with Crippen LogP contribution in [-0.2, 0) is 24.6 Å². The van der Waals surface area contributed by atoms with Crippen LogP contribution in [-0.4, -0.2) is 88.6 Å². The molecule has 0 spiro atoms. The Bertz CT molecular complexity index is 2280. The summed E-state index contributed by atoms with van der Waals surface area (Å²) in [4.78, 5) is 68.8. The SMILES string of the molecule is CC[C@H](NC(=O)OC)C(=O)[C@@]1(c2ncc(-c3ccc4cc(-c5ccc(-c6cnc([C@@H]7C[C@H](C)CN7C(=O)CCCNC(=O)OC)[nH]6)cc5)ccc4c3)[nH]2)C[C@H](C)CN1. The van der Waals surface area contributed by atoms with Gasteiger partial charge in [-0.15, -0.1) is 0 Å². The molecule has 14 heteroatoms. The van der Waals surface area contributed by atoms with Gasteiger partial charge in [-0.25, -0.2) is 19.6 Å². The first-order valence-corrected chi connectivity index (χ1v) is 20.0. The second kappa shape index (κ2) is 17.2. The van der Waals surface area contributed by atoms with E-state index in [0.29, 0.717) is 57.1 Å². The van der Waals surface area contributed by atoms with Gasteiger partial charge in [0.25, 0.3) is 0 Å². The number of nitrogens with one attached hydrogen (secondary N) is 5. The number of nitrogens with zero attached hydrogens (tertiary/aromatic N) is 3. The molecule has 3 amide bonds. The third-order valence-electron chi connectivity index (χ3n) is 11.5. The van der Waals surface area contributed by atoms with Gasteiger partial charge in [0.1, 0.15) is 17.2 Å². The number of hydrogen-bond acceptors (Lipinski definition) is 9. The van der Waals surface area contributed by atoms with Gasteiger partial charge < -0.3 is 35.0 Å². The van der Waals surface area contributed by atoms with E-state index in [1.807, 2.05) is 18.0 Å². The number of likely N-dealkylation sites (tertiary alicyclic amines) is 1. The van der Waals surface area contributed by atoms with Crippen molar-refractivity contribution in [1.29, 1.82) is 0 Å². The number of aromatic nitrogens is 4. The molecule has 2 fully saturated rings. The topological polar surface area (TPSA) is 183 Å². The molecule has 5 aromatic rings. The minimum atomic E-state index is -1.05. The van der Waals surface area contributed by atoms with Gasteiger partial charge in [-0.1, -0.05) is 69.3 Å². The zero-order valence-electron chi connectivity index (χ0n) is 33.7. The van der Waals surface area contributed by atoms with Crippen LogP contribution < -0.4 is 16.0 Å². The molecule has 2 aromatic heterocycles. The molecule has 2 aliphatic rings. The van der Waals surface area contributed by atoms with Crippen LogP contribution in [0.1, 0.15) is 70.6 Å². The lowest BCUT2D eigenvalue weighted by atomic mass is 9.84. The van der Waals surface area contributed by atoms with Crippen molar-refractivity contribution in [2.75, 3.05) is 33.9 Å². The molecule has 0 radical (unpaired) electrons. The molecule has 5 N–H and O–H groups in total. The molecule has 5 atom stereocenters. The highest BCUT2D eigenvalue weighted by atomic mass is 16.5. The predicted octanol–water partition coefficient (Wildman–Crippen LogP) is 6.86. The Balaban J connectivity index is 1.03. The number of ether oxygens (including phenoxy) is 2. The van der Waals surface area contributed by atoms with Crippen LogP contribution in [0.4, 0.5) is 9.59 Å². The average Bonchev–Trinajstić information content (AvgIpc) is 4.08. The maximum atomic E-state index is 14.0. The van der Waals surface area contributed by atoms with Crippen molar-refractivity contribution < 1.29 is 28.7 Å². The van der Waals surface area contributed by atoms with Crippen molar-refractivity contribution in [3.05, 3.63) is 84.7 Å². The maximum absolute atomic E-state index is 14.0. The van der Waals surface area contributed by atoms with Gasteiger partial charge in [-0.05, 0) is 83.7 Å². The van der Waals surface area contributed by atoms with E-state index in [1.54, 1.807) is 6.20 Å². The fourth-order valence-electron chi connectivity index (χ4n) is 8.35. The smallest absolute Gasteiger partial charge is 0.407 e. The molecular weight excluding hydrogens is 737 g/mol. The van der Waals surface area contributed by atoms with E-state index < -0.39 is 23.8 Å². The van der Waals surface area contributed by atoms with E-state index in [1.165, 1.54) is 14.2 Å². The summed E-state index contributed by atoms with van der Waals surface area (Å²) in [5.74, 6) is 1.83. The van der Waals surface area contributed by atoms with E-state index >= 15 is 0 Å². The minimum absolute atomic E-state index is 0.0519. The predicted molar refractivity (Wildman–Crippen MR) is 221 cm³/mol. The van der Waals surface area contributed by atoms with E-state index in [4.69, 9.17) is 14.7 Å². The number of H-pyrrole nitrogens is 2. The number of aromatic amines is 2. The number of carbonyl (C=O) groups excluding carboxylic acids is 4. The number of fused-ring (bicyclic) bond motifs is 1. The lowest BCUT2D eigenvalue weighted by Gasteiger charge is -2.30. The van der Waals surface area contributed by atoms with Crippen LogP contribution in [0, 0.1) is 11.8 Å². The van der Waals surface area contributed by atoms with E-state index in [-0.39, 0.29) is 23.7 Å². The summed E-state index contributed by atoms with van der Waals surface area (Å²) < 4.78 is 9.38. The highest BCUT2D eigenvalue weighted by Gasteiger charge is 2.50. The summed E-state index contributed by atoms with van der Waals surface area (Å²) in [5.41, 5.74) is 4.75. The summed E-state index contributed by atoms with van der Waals surface area (Å²) in [6, 6.07) is 20.2. The molecule has 7 rings (SSSR count). The zero-order chi connectivity index (χ0) is 41.0. The van der Waals surface area contributed by atoms with Gasteiger partial charge in [0.05, 0.1) is 50.1 Å². The molecule has 0 saturated carbocycles. The number of hydrogen-bond donors (Lipinski definition) is 5. The van der Waals surface area contributed by atoms with Crippen LogP contribution in [0.15, 0.2) is 73.1 Å². The number of Topliss-reactive ketones (excluding diaryl/α,β-unsaturated/α-hetero) is 1. The van der Waals surface area contributed by atoms with E-state index in [2.05, 4.69) is 105 Å². The molecule has 304 valence electrons. The molecule has 0 aliphatic carbocycles. The molecule has 2 aliphatic heterocycles. The van der Waals surface area contributed by atoms with Gasteiger partial charge in [0.15, 0.2) is 5.78 Å². The molecule has 3 aromatic carbocycles. The van der Waals surface area contributed by atoms with Crippen molar-refractivity contribution in [3.63, 3.8) is 0 Å². The Hall–Kier alpha value is -6.02. The van der Waals surface area contributed by atoms with Crippen molar-refractivity contribution in [2.24, 2.45) is 11.8 Å². The quantitative estimate of drug-likeness (QED) is 0.0796. The van der Waals surface area contributed by atoms with E-state index in [9.17, 15) is 19.2 Å². The normalized spacial score (nSPS) is 20.8. The largest absolute Gasteiger partial charge is 0.453 e. The summed E-state index contributed by atoms with van der Waals surface area (Å²) >= 11 is 0. The number of methoxy groups -OCH3 is 2. The molecular formula is C44H52N8O6. The number of alkyl carbamates (subject to hydrolysis) is 2. The highest BCUT2D eigenvalue weighted by molar-refractivity contribution is 5.96. The third kappa shape index (κ3) is 8.33. The lowest BCUT2D eigenvalue weighted by molar-refractivity contribution is -0.132. The summed E-state index contributed by atoms with van der Waals surface area (Å²) in [6.45, 7) is 7.82. The van der Waals surface area contributed by atoms with E-state index in [0.717, 1.165) is 56.7 Å². The van der Waals surface area contributed by atoms with Gasteiger partial charge in [-0.3, -0.25) is 14.9 Å². The Labute approximate surface area is 337 Å². The van der Waals surface area contributed by atoms with Gasteiger partial charge in [0.2, 0.25) is 5.91 Å². The van der Waals surface area contributed by atoms with Crippen LogP contribution in [0.5, 0.6) is 0 Å². The monoisotopic (exact) mass is 788 g/mol. The number of imidazole rings is 2. The summed E-state index contributed by atoms with van der Waals surface area (Å²) in [6.07, 6.45) is 5.15. The van der Waals surface area contributed by atoms with Crippen LogP contribution in [0.3, 0.4) is 0 Å². The molecule has 4 heterocycles. The molecule has 0 bridgehead atoms. The standard InChI is InChI=1S/C44H52N8O6/c1-6-34(51-43(56)58-5)39(54)44(21-27(3)22-48-44)41-47-24-36(50-41)33-16-15-31-19-30(13-14-32(31)20-33)28-9-11-29(12-10-28)35-23-46-40(49-35)37-18-26(2)25-52(37)38(53)8-7-17-45-42(55)57-4/h9-16,19-20,23-24,26-27,34,37,48H,6-8,17-18,21-22,25H2,1-5H3,(H,45,55)(H,46,49)(H,47,50)(H,51,56)/t26-,27-,34-,37-,44+/m0/s1. The Morgan fingerprint density at radius 1 is 0.845 bits per heavy atom. The van der Waals surface area contributed by atoms with Crippen molar-refractivity contribution >= 4 is 34.6 Å². The fraction of sp³-hybridized carbons (Fsp3) is 0.409. The van der Waals surface area contributed by atoms with Crippen LogP contribution in [0.2, 0.25) is 0 Å². The van der Waals surface area contributed by atoms with Crippen molar-refractivity contribution in [2.45, 2.75) is 70.5 Å². The van der Waals surface area contributed by atoms with Gasteiger partial charge in [0, 0.05) is 25.1 Å². The molecule has 0 unspecified atom stereocenters. The average molecular weight is 789 g/mol. The number of benzene rings is 3. The van der Waals surface area contributed by atoms with Gasteiger partial charge >= 0.3 is 12.2 Å². The Kier molecular flexibility index (Phi) is 11.9. The Morgan fingerprint density at radius 2 is 1.50 bits per heavy atom. The third-order valence-corrected chi connectivity index (χ3v) is 11.5. The second-order valence-corrected chi connectivity index (χ2v) is 15.7. The van der Waals surface area contributed by atoms with Crippen LogP contribution >= 0.6 is 0 Å². The van der Waals surface area contributed by atoms with Crippen molar-refractivity contribution in [3.8, 4) is 33.6 Å². The Morgan fingerprint density at radius 3 is 2.19 bits per heavy atom. The highest BCUT2D eigenvalue weighted by Crippen LogP contribution is 2.38. The molecule has 14 nitrogen and oxygen atoms in total. The number of carbonyl (C=O) groups is 4. The summed E-state index contributed by atoms with van der Waals surface area (Å²) in [5, 5.41) is 10.9. The first-order chi connectivity index (χ1) is 28.0. The molecule has 58 heavy (non-hydrogen) atoms. The first kappa shape index (κ1) is 40.2. The van der Waals surface area contributed by atoms with Crippen molar-refractivity contribution in [1.82, 2.24) is 40.8 Å². The first-order valence-electron chi connectivity index (χ1n) is 20.0. The fourth-order valence-corrected chi connectivity index (χ4v) is 8.35. The second-order valence-electron chi connectivity index (χ2n) is 15.7. The minimum Gasteiger partial charge on any atom is -0.453 e. The lowest BCUT2D eigenvalue weighted by Crippen LogP contribution is -2.55. The van der Waals surface area contributed by atoms with Crippen LogP contribution in [0.25, 0.3) is 44.4 Å². The van der Waals surface area contributed by atoms with Gasteiger partial charge in [-0.2, -0.15) is 0 Å². The maximum Gasteiger partial charge on any atom is 0.407 e.